The van der Waals surface area contributed by atoms with E-state index in [9.17, 15) is 4.79 Å². The highest BCUT2D eigenvalue weighted by Gasteiger charge is 2.17. The summed E-state index contributed by atoms with van der Waals surface area (Å²) in [5, 5.41) is 10.0. The topological polar surface area (TPSA) is 90.1 Å². The molecule has 7 nitrogen and oxygen atoms in total. The predicted octanol–water partition coefficient (Wildman–Crippen LogP) is 5.12. The Kier molecular flexibility index (Phi) is 5.26. The van der Waals surface area contributed by atoms with Gasteiger partial charge in [0.25, 0.3) is 11.6 Å². The second kappa shape index (κ2) is 8.00. The number of amides is 1. The molecule has 1 aromatic carbocycles. The number of pyridine rings is 1. The fourth-order valence-corrected chi connectivity index (χ4v) is 3.68. The first kappa shape index (κ1) is 19.1. The van der Waals surface area contributed by atoms with Crippen LogP contribution in [-0.2, 0) is 0 Å². The Labute approximate surface area is 171 Å². The summed E-state index contributed by atoms with van der Waals surface area (Å²) >= 11 is 1.36. The van der Waals surface area contributed by atoms with E-state index in [1.165, 1.54) is 17.5 Å². The van der Waals surface area contributed by atoms with Crippen molar-refractivity contribution in [3.8, 4) is 17.0 Å². The molecule has 0 unspecified atom stereocenters. The van der Waals surface area contributed by atoms with Crippen molar-refractivity contribution in [3.05, 3.63) is 53.2 Å². The Morgan fingerprint density at radius 1 is 1.31 bits per heavy atom. The van der Waals surface area contributed by atoms with Gasteiger partial charge in [-0.25, -0.2) is 9.97 Å². The van der Waals surface area contributed by atoms with Crippen molar-refractivity contribution in [2.45, 2.75) is 26.7 Å². The lowest BCUT2D eigenvalue weighted by molar-refractivity contribution is 0.102. The van der Waals surface area contributed by atoms with Gasteiger partial charge in [-0.3, -0.25) is 10.1 Å². The third-order valence-corrected chi connectivity index (χ3v) is 5.11. The first-order valence-corrected chi connectivity index (χ1v) is 10.2. The number of hydrogen-bond donors (Lipinski definition) is 1. The summed E-state index contributed by atoms with van der Waals surface area (Å²) in [4.78, 5) is 21.5. The molecule has 0 fully saturated rings. The van der Waals surface area contributed by atoms with E-state index in [0.717, 1.165) is 28.1 Å². The molecule has 1 N–H and O–H groups in total. The number of benzene rings is 1. The Morgan fingerprint density at radius 2 is 2.14 bits per heavy atom. The Bertz CT molecular complexity index is 1170. The first-order valence-electron chi connectivity index (χ1n) is 9.31. The van der Waals surface area contributed by atoms with Crippen LogP contribution in [0.15, 0.2) is 46.4 Å². The number of hydrogen-bond acceptors (Lipinski definition) is 7. The number of nitrogens with zero attached hydrogens (tertiary/aromatic N) is 3. The number of carbonyl (C=O) groups excluding carboxylic acids is 1. The van der Waals surface area contributed by atoms with Crippen LogP contribution in [0, 0.1) is 0 Å². The average molecular weight is 408 g/mol. The van der Waals surface area contributed by atoms with Gasteiger partial charge in [-0.05, 0) is 31.0 Å². The van der Waals surface area contributed by atoms with Gasteiger partial charge in [0.15, 0.2) is 5.13 Å². The summed E-state index contributed by atoms with van der Waals surface area (Å²) in [6, 6.07) is 9.46. The molecule has 0 aliphatic heterocycles. The van der Waals surface area contributed by atoms with Crippen LogP contribution in [0.4, 0.5) is 5.13 Å². The van der Waals surface area contributed by atoms with Gasteiger partial charge in [-0.1, -0.05) is 31.1 Å². The number of anilines is 1. The minimum atomic E-state index is -0.283. The molecule has 0 saturated carbocycles. The van der Waals surface area contributed by atoms with Gasteiger partial charge in [0.1, 0.15) is 5.75 Å². The van der Waals surface area contributed by atoms with E-state index in [0.29, 0.717) is 23.0 Å². The van der Waals surface area contributed by atoms with Crippen molar-refractivity contribution in [1.29, 1.82) is 0 Å². The van der Waals surface area contributed by atoms with Crippen LogP contribution in [-0.4, -0.2) is 27.6 Å². The highest BCUT2D eigenvalue weighted by molar-refractivity contribution is 7.14. The summed E-state index contributed by atoms with van der Waals surface area (Å²) < 4.78 is 10.9. The lowest BCUT2D eigenvalue weighted by atomic mass is 10.1. The highest BCUT2D eigenvalue weighted by Crippen LogP contribution is 2.32. The minimum Gasteiger partial charge on any atom is -0.493 e. The third-order valence-electron chi connectivity index (χ3n) is 4.35. The van der Waals surface area contributed by atoms with Crippen LogP contribution in [0.3, 0.4) is 0 Å². The molecular formula is C21H20N4O3S. The maximum Gasteiger partial charge on any atom is 0.259 e. The maximum absolute atomic E-state index is 12.7. The van der Waals surface area contributed by atoms with Gasteiger partial charge in [0, 0.05) is 17.1 Å². The molecule has 0 aliphatic rings. The van der Waals surface area contributed by atoms with Crippen molar-refractivity contribution in [3.63, 3.8) is 0 Å². The number of ether oxygens (including phenoxy) is 1. The maximum atomic E-state index is 12.7. The molecule has 0 bridgehead atoms. The van der Waals surface area contributed by atoms with Gasteiger partial charge >= 0.3 is 0 Å². The van der Waals surface area contributed by atoms with E-state index in [4.69, 9.17) is 9.26 Å². The molecule has 4 rings (SSSR count). The van der Waals surface area contributed by atoms with Gasteiger partial charge in [0.2, 0.25) is 0 Å². The molecule has 3 aromatic heterocycles. The quantitative estimate of drug-likeness (QED) is 0.476. The molecule has 8 heteroatoms. The monoisotopic (exact) mass is 408 g/mol. The van der Waals surface area contributed by atoms with Crippen LogP contribution in [0.2, 0.25) is 0 Å². The van der Waals surface area contributed by atoms with E-state index in [-0.39, 0.29) is 11.8 Å². The van der Waals surface area contributed by atoms with Crippen LogP contribution in [0.5, 0.6) is 5.75 Å². The predicted molar refractivity (Wildman–Crippen MR) is 113 cm³/mol. The van der Waals surface area contributed by atoms with Crippen LogP contribution in [0.25, 0.3) is 22.4 Å². The van der Waals surface area contributed by atoms with Crippen molar-refractivity contribution in [2.24, 2.45) is 0 Å². The lowest BCUT2D eigenvalue weighted by Gasteiger charge is -2.07. The molecule has 0 saturated heterocycles. The van der Waals surface area contributed by atoms with Gasteiger partial charge in [0.05, 0.1) is 28.9 Å². The Morgan fingerprint density at radius 3 is 2.93 bits per heavy atom. The highest BCUT2D eigenvalue weighted by atomic mass is 32.1. The number of fused-ring (bicyclic) bond motifs is 1. The number of aromatic nitrogens is 3. The smallest absolute Gasteiger partial charge is 0.259 e. The zero-order valence-electron chi connectivity index (χ0n) is 16.3. The number of carbonyl (C=O) groups is 1. The fourth-order valence-electron chi connectivity index (χ4n) is 2.97. The fraction of sp³-hybridized carbons (Fsp3) is 0.238. The molecule has 29 heavy (non-hydrogen) atoms. The first-order chi connectivity index (χ1) is 14.1. The van der Waals surface area contributed by atoms with E-state index in [1.54, 1.807) is 6.07 Å². The Hall–Kier alpha value is -3.26. The van der Waals surface area contributed by atoms with Gasteiger partial charge in [-0.15, -0.1) is 11.3 Å². The molecule has 4 aromatic rings. The van der Waals surface area contributed by atoms with E-state index in [2.05, 4.69) is 20.4 Å². The molecule has 148 valence electrons. The third kappa shape index (κ3) is 3.84. The largest absolute Gasteiger partial charge is 0.493 e. The zero-order valence-corrected chi connectivity index (χ0v) is 17.1. The van der Waals surface area contributed by atoms with E-state index >= 15 is 0 Å². The second-order valence-corrected chi connectivity index (χ2v) is 7.58. The van der Waals surface area contributed by atoms with Crippen molar-refractivity contribution < 1.29 is 14.1 Å². The summed E-state index contributed by atoms with van der Waals surface area (Å²) in [6.07, 6.45) is 1.48. The molecule has 0 aliphatic carbocycles. The van der Waals surface area contributed by atoms with Crippen molar-refractivity contribution in [2.75, 3.05) is 11.9 Å². The van der Waals surface area contributed by atoms with Gasteiger partial charge in [-0.2, -0.15) is 0 Å². The molecule has 0 atom stereocenters. The molecule has 1 amide bonds. The molecular weight excluding hydrogens is 388 g/mol. The normalized spacial score (nSPS) is 11.2. The SMILES string of the molecule is CCOc1ccccc1-c1csc(NC(=O)c2cnc3onc(C(C)C)c3c2)n1. The van der Waals surface area contributed by atoms with Gasteiger partial charge < -0.3 is 9.26 Å². The summed E-state index contributed by atoms with van der Waals surface area (Å²) in [7, 11) is 0. The number of para-hydroxylation sites is 1. The van der Waals surface area contributed by atoms with E-state index < -0.39 is 0 Å². The number of nitrogens with one attached hydrogen (secondary N) is 1. The van der Waals surface area contributed by atoms with Crippen LogP contribution >= 0.6 is 11.3 Å². The number of thiazole rings is 1. The van der Waals surface area contributed by atoms with Crippen LogP contribution < -0.4 is 10.1 Å². The van der Waals surface area contributed by atoms with Crippen molar-refractivity contribution >= 4 is 33.5 Å². The molecule has 0 spiro atoms. The second-order valence-electron chi connectivity index (χ2n) is 6.72. The Balaban J connectivity index is 1.57. The summed E-state index contributed by atoms with van der Waals surface area (Å²) in [6.45, 7) is 6.54. The van der Waals surface area contributed by atoms with Crippen molar-refractivity contribution in [1.82, 2.24) is 15.1 Å². The zero-order chi connectivity index (χ0) is 20.4. The summed E-state index contributed by atoms with van der Waals surface area (Å²) in [5.74, 6) is 0.652. The standard InChI is InChI=1S/C21H20N4O3S/c1-4-27-17-8-6-5-7-14(17)16-11-29-21(23-16)24-19(26)13-9-15-18(12(2)3)25-28-20(15)22-10-13/h5-12H,4H2,1-3H3,(H,23,24,26). The molecule has 3 heterocycles. The van der Waals surface area contributed by atoms with E-state index in [1.807, 2.05) is 50.4 Å². The molecule has 0 radical (unpaired) electrons. The minimum absolute atomic E-state index is 0.170. The summed E-state index contributed by atoms with van der Waals surface area (Å²) in [5.41, 5.74) is 3.28. The van der Waals surface area contributed by atoms with Crippen LogP contribution in [0.1, 0.15) is 42.7 Å². The average Bonchev–Trinajstić information content (AvgIpc) is 3.35. The number of rotatable bonds is 6. The lowest BCUT2D eigenvalue weighted by Crippen LogP contribution is -2.12.